The molecule has 1 unspecified atom stereocenters. The number of nitrogens with zero attached hydrogens (tertiary/aromatic N) is 2. The summed E-state index contributed by atoms with van der Waals surface area (Å²) in [5.74, 6) is 3.69. The number of hydrogen-bond donors (Lipinski definition) is 1. The van der Waals surface area contributed by atoms with Gasteiger partial charge in [0.25, 0.3) is 0 Å². The summed E-state index contributed by atoms with van der Waals surface area (Å²) in [5.41, 5.74) is 0.871. The molecule has 4 bridgehead atoms. The number of aromatic nitrogens is 2. The molecule has 1 aromatic heterocycles. The minimum Gasteiger partial charge on any atom is -0.386 e. The van der Waals surface area contributed by atoms with Crippen molar-refractivity contribution in [3.63, 3.8) is 0 Å². The van der Waals surface area contributed by atoms with Gasteiger partial charge in [-0.05, 0) is 68.1 Å². The van der Waals surface area contributed by atoms with Crippen LogP contribution < -0.4 is 0 Å². The largest absolute Gasteiger partial charge is 0.386 e. The van der Waals surface area contributed by atoms with Crippen LogP contribution in [0.2, 0.25) is 5.02 Å². The van der Waals surface area contributed by atoms with Gasteiger partial charge in [0.1, 0.15) is 6.10 Å². The molecule has 0 aromatic carbocycles. The normalized spacial score (nSPS) is 38.9. The maximum absolute atomic E-state index is 11.1. The molecule has 1 aromatic rings. The lowest BCUT2D eigenvalue weighted by molar-refractivity contribution is -0.0929. The molecule has 4 aliphatic carbocycles. The summed E-state index contributed by atoms with van der Waals surface area (Å²) in [5, 5.41) is 16.1. The summed E-state index contributed by atoms with van der Waals surface area (Å²) in [6.07, 6.45) is 9.04. The third kappa shape index (κ3) is 2.24. The zero-order valence-corrected chi connectivity index (χ0v) is 13.5. The van der Waals surface area contributed by atoms with E-state index in [1.54, 1.807) is 6.20 Å². The van der Waals surface area contributed by atoms with Crippen molar-refractivity contribution in [1.82, 2.24) is 9.78 Å². The van der Waals surface area contributed by atoms with Gasteiger partial charge in [0.15, 0.2) is 0 Å². The van der Waals surface area contributed by atoms with Crippen LogP contribution in [0.15, 0.2) is 6.20 Å². The quantitative estimate of drug-likeness (QED) is 0.911. The van der Waals surface area contributed by atoms with Crippen LogP contribution in [0.1, 0.15) is 57.2 Å². The van der Waals surface area contributed by atoms with Crippen molar-refractivity contribution in [3.8, 4) is 0 Å². The van der Waals surface area contributed by atoms with E-state index in [1.165, 1.54) is 32.1 Å². The van der Waals surface area contributed by atoms with Gasteiger partial charge in [-0.25, -0.2) is 0 Å². The van der Waals surface area contributed by atoms with E-state index < -0.39 is 6.10 Å². The smallest absolute Gasteiger partial charge is 0.100 e. The van der Waals surface area contributed by atoms with Gasteiger partial charge in [0.2, 0.25) is 0 Å². The maximum Gasteiger partial charge on any atom is 0.100 e. The molecule has 0 saturated heterocycles. The van der Waals surface area contributed by atoms with Crippen LogP contribution in [-0.4, -0.2) is 14.9 Å². The average molecular weight is 309 g/mol. The summed E-state index contributed by atoms with van der Waals surface area (Å²) >= 11 is 6.35. The Balaban J connectivity index is 1.63. The molecule has 4 saturated carbocycles. The van der Waals surface area contributed by atoms with Crippen LogP contribution >= 0.6 is 11.6 Å². The van der Waals surface area contributed by atoms with Crippen molar-refractivity contribution in [2.45, 2.75) is 58.1 Å². The number of hydrogen-bond acceptors (Lipinski definition) is 2. The second-order valence-electron chi connectivity index (χ2n) is 7.55. The molecule has 0 spiro atoms. The third-order valence-electron chi connectivity index (χ3n) is 6.21. The molecule has 0 radical (unpaired) electrons. The molecule has 1 atom stereocenters. The van der Waals surface area contributed by atoms with Gasteiger partial charge in [0.05, 0.1) is 16.9 Å². The van der Waals surface area contributed by atoms with Crippen LogP contribution in [0.3, 0.4) is 0 Å². The predicted molar refractivity (Wildman–Crippen MR) is 83.0 cm³/mol. The Hall–Kier alpha value is -0.540. The van der Waals surface area contributed by atoms with Crippen molar-refractivity contribution < 1.29 is 5.11 Å². The number of halogens is 1. The molecule has 116 valence electrons. The molecular weight excluding hydrogens is 284 g/mol. The first-order valence-corrected chi connectivity index (χ1v) is 8.94. The Morgan fingerprint density at radius 1 is 1.24 bits per heavy atom. The summed E-state index contributed by atoms with van der Waals surface area (Å²) in [4.78, 5) is 0. The van der Waals surface area contributed by atoms with Crippen molar-refractivity contribution in [2.75, 3.05) is 0 Å². The molecule has 4 aliphatic rings. The highest BCUT2D eigenvalue weighted by molar-refractivity contribution is 6.31. The van der Waals surface area contributed by atoms with E-state index in [4.69, 9.17) is 11.6 Å². The second kappa shape index (κ2) is 5.27. The van der Waals surface area contributed by atoms with E-state index in [0.717, 1.165) is 30.5 Å². The molecule has 21 heavy (non-hydrogen) atoms. The lowest BCUT2D eigenvalue weighted by Gasteiger charge is -2.55. The molecular formula is C17H25ClN2O. The van der Waals surface area contributed by atoms with Crippen molar-refractivity contribution in [1.29, 1.82) is 0 Å². The van der Waals surface area contributed by atoms with Gasteiger partial charge in [-0.15, -0.1) is 0 Å². The number of aliphatic hydroxyl groups excluding tert-OH is 1. The first-order valence-electron chi connectivity index (χ1n) is 8.56. The second-order valence-corrected chi connectivity index (χ2v) is 7.96. The zero-order chi connectivity index (χ0) is 14.6. The lowest BCUT2D eigenvalue weighted by Crippen LogP contribution is -2.47. The average Bonchev–Trinajstić information content (AvgIpc) is 2.79. The van der Waals surface area contributed by atoms with Gasteiger partial charge >= 0.3 is 0 Å². The van der Waals surface area contributed by atoms with Crippen molar-refractivity contribution in [3.05, 3.63) is 16.9 Å². The molecule has 0 aliphatic heterocycles. The van der Waals surface area contributed by atoms with E-state index in [9.17, 15) is 5.11 Å². The fraction of sp³-hybridized carbons (Fsp3) is 0.824. The van der Waals surface area contributed by atoms with Crippen molar-refractivity contribution >= 4 is 11.6 Å². The summed E-state index contributed by atoms with van der Waals surface area (Å²) < 4.78 is 1.93. The molecule has 0 amide bonds. The number of aliphatic hydroxyl groups is 1. The summed E-state index contributed by atoms with van der Waals surface area (Å²) in [6.45, 7) is 2.97. The summed E-state index contributed by atoms with van der Waals surface area (Å²) in [7, 11) is 0. The first-order chi connectivity index (χ1) is 10.2. The Morgan fingerprint density at radius 3 is 2.43 bits per heavy atom. The monoisotopic (exact) mass is 308 g/mol. The van der Waals surface area contributed by atoms with Gasteiger partial charge in [-0.1, -0.05) is 18.5 Å². The van der Waals surface area contributed by atoms with E-state index in [2.05, 4.69) is 12.0 Å². The van der Waals surface area contributed by atoms with E-state index >= 15 is 0 Å². The minimum atomic E-state index is -0.429. The fourth-order valence-electron chi connectivity index (χ4n) is 5.72. The third-order valence-corrected chi connectivity index (χ3v) is 6.50. The van der Waals surface area contributed by atoms with Gasteiger partial charge in [-0.3, -0.25) is 4.68 Å². The highest BCUT2D eigenvalue weighted by atomic mass is 35.5. The maximum atomic E-state index is 11.1. The Bertz CT molecular complexity index is 499. The van der Waals surface area contributed by atoms with Crippen LogP contribution in [0, 0.1) is 29.6 Å². The van der Waals surface area contributed by atoms with Gasteiger partial charge in [0, 0.05) is 6.54 Å². The highest BCUT2D eigenvalue weighted by Crippen LogP contribution is 2.59. The molecule has 1 N–H and O–H groups in total. The molecule has 4 heteroatoms. The van der Waals surface area contributed by atoms with Gasteiger partial charge in [-0.2, -0.15) is 5.10 Å². The molecule has 5 rings (SSSR count). The van der Waals surface area contributed by atoms with Gasteiger partial charge < -0.3 is 5.11 Å². The topological polar surface area (TPSA) is 38.0 Å². The van der Waals surface area contributed by atoms with Crippen LogP contribution in [0.5, 0.6) is 0 Å². The standard InChI is InChI=1S/C17H25ClN2O/c1-2-3-20-16(14(18)9-19-20)17(21)15-12-5-10-4-11(7-12)8-13(15)6-10/h9-13,15,17,21H,2-8H2,1H3. The Morgan fingerprint density at radius 2 is 1.86 bits per heavy atom. The van der Waals surface area contributed by atoms with Crippen LogP contribution in [-0.2, 0) is 6.54 Å². The minimum absolute atomic E-state index is 0.405. The highest BCUT2D eigenvalue weighted by Gasteiger charge is 2.51. The Labute approximate surface area is 131 Å². The van der Waals surface area contributed by atoms with Crippen molar-refractivity contribution in [2.24, 2.45) is 29.6 Å². The van der Waals surface area contributed by atoms with E-state index in [1.807, 2.05) is 4.68 Å². The van der Waals surface area contributed by atoms with Crippen LogP contribution in [0.4, 0.5) is 0 Å². The number of rotatable bonds is 4. The molecule has 3 nitrogen and oxygen atoms in total. The lowest BCUT2D eigenvalue weighted by atomic mass is 9.50. The number of aryl methyl sites for hydroxylation is 1. The molecule has 4 fully saturated rings. The summed E-state index contributed by atoms with van der Waals surface area (Å²) in [6, 6.07) is 0. The SMILES string of the molecule is CCCn1ncc(Cl)c1C(O)C1C2CC3CC(C2)CC1C3. The predicted octanol–water partition coefficient (Wildman–Crippen LogP) is 4.05. The van der Waals surface area contributed by atoms with E-state index in [0.29, 0.717) is 22.8 Å². The van der Waals surface area contributed by atoms with E-state index in [-0.39, 0.29) is 0 Å². The van der Waals surface area contributed by atoms with Crippen LogP contribution in [0.25, 0.3) is 0 Å². The molecule has 1 heterocycles. The zero-order valence-electron chi connectivity index (χ0n) is 12.7. The fourth-order valence-corrected chi connectivity index (χ4v) is 5.97. The Kier molecular flexibility index (Phi) is 3.54. The first kappa shape index (κ1) is 14.1.